The number of hydrogen-bond acceptors (Lipinski definition) is 6. The number of imidazole rings is 1. The van der Waals surface area contributed by atoms with Crippen molar-refractivity contribution in [1.82, 2.24) is 20.1 Å². The van der Waals surface area contributed by atoms with Crippen LogP contribution in [0.4, 0.5) is 5.69 Å². The molecule has 0 saturated heterocycles. The summed E-state index contributed by atoms with van der Waals surface area (Å²) in [5.41, 5.74) is 10.8. The molecular weight excluding hydrogens is 487 g/mol. The molecule has 2 heterocycles. The summed E-state index contributed by atoms with van der Waals surface area (Å²) in [6.45, 7) is 0.641. The van der Waals surface area contributed by atoms with E-state index in [1.165, 1.54) is 0 Å². The summed E-state index contributed by atoms with van der Waals surface area (Å²) in [4.78, 5) is 0. The molecule has 1 unspecified atom stereocenters. The second kappa shape index (κ2) is 9.67. The van der Waals surface area contributed by atoms with Gasteiger partial charge in [0, 0.05) is 6.20 Å². The maximum Gasteiger partial charge on any atom is 0.203 e. The molecule has 35 heavy (non-hydrogen) atoms. The minimum Gasteiger partial charge on any atom is -0.497 e. The van der Waals surface area contributed by atoms with Crippen LogP contribution in [0.15, 0.2) is 78.6 Å². The van der Waals surface area contributed by atoms with E-state index in [2.05, 4.69) is 11.0 Å². The van der Waals surface area contributed by atoms with Crippen LogP contribution in [-0.4, -0.2) is 21.4 Å². The molecule has 10 heteroatoms. The van der Waals surface area contributed by atoms with E-state index in [9.17, 15) is 5.11 Å². The quantitative estimate of drug-likeness (QED) is 0.297. The Morgan fingerprint density at radius 1 is 0.971 bits per heavy atom. The van der Waals surface area contributed by atoms with E-state index in [-0.39, 0.29) is 12.2 Å². The Morgan fingerprint density at radius 2 is 1.69 bits per heavy atom. The largest absolute Gasteiger partial charge is 0.497 e. The first-order valence-electron chi connectivity index (χ1n) is 11.0. The van der Waals surface area contributed by atoms with Crippen LogP contribution in [0.5, 0.6) is 5.75 Å². The van der Waals surface area contributed by atoms with Crippen LogP contribution in [0.1, 0.15) is 11.7 Å². The van der Waals surface area contributed by atoms with Crippen molar-refractivity contribution in [3.05, 3.63) is 99.9 Å². The maximum atomic E-state index is 10.9. The number of benzene rings is 3. The first kappa shape index (κ1) is 23.3. The lowest BCUT2D eigenvalue weighted by Crippen LogP contribution is -2.37. The van der Waals surface area contributed by atoms with Crippen molar-refractivity contribution in [2.75, 3.05) is 12.1 Å². The topological polar surface area (TPSA) is 90.5 Å². The molecule has 3 aromatic carbocycles. The summed E-state index contributed by atoms with van der Waals surface area (Å²) >= 11 is 12.2. The van der Waals surface area contributed by atoms with Gasteiger partial charge in [-0.3, -0.25) is 10.4 Å². The molecule has 0 saturated carbocycles. The van der Waals surface area contributed by atoms with Crippen molar-refractivity contribution in [3.63, 3.8) is 0 Å². The number of para-hydroxylation sites is 2. The molecule has 0 bridgehead atoms. The highest BCUT2D eigenvalue weighted by Gasteiger charge is 2.19. The fourth-order valence-electron chi connectivity index (χ4n) is 4.12. The van der Waals surface area contributed by atoms with Gasteiger partial charge in [-0.2, -0.15) is 0 Å². The molecule has 1 aromatic heterocycles. The van der Waals surface area contributed by atoms with Crippen molar-refractivity contribution < 1.29 is 9.84 Å². The molecule has 1 aliphatic rings. The Bertz CT molecular complexity index is 1460. The lowest BCUT2D eigenvalue weighted by atomic mass is 10.1. The van der Waals surface area contributed by atoms with E-state index < -0.39 is 6.10 Å². The predicted molar refractivity (Wildman–Crippen MR) is 137 cm³/mol. The summed E-state index contributed by atoms with van der Waals surface area (Å²) in [5.74, 6) is 0.787. The molecule has 180 valence electrons. The number of halogens is 2. The first-order chi connectivity index (χ1) is 16.9. The lowest BCUT2D eigenvalue weighted by Gasteiger charge is -2.15. The van der Waals surface area contributed by atoms with E-state index in [0.717, 1.165) is 28.2 Å². The smallest absolute Gasteiger partial charge is 0.203 e. The zero-order valence-corrected chi connectivity index (χ0v) is 20.4. The van der Waals surface area contributed by atoms with E-state index in [4.69, 9.17) is 33.3 Å². The number of anilines is 1. The minimum atomic E-state index is -0.853. The van der Waals surface area contributed by atoms with Gasteiger partial charge in [0.15, 0.2) is 0 Å². The Labute approximate surface area is 212 Å². The minimum absolute atomic E-state index is 0.201. The van der Waals surface area contributed by atoms with Gasteiger partial charge >= 0.3 is 0 Å². The molecule has 0 aliphatic carbocycles. The number of aliphatic hydroxyl groups is 1. The van der Waals surface area contributed by atoms with Gasteiger partial charge in [0.25, 0.3) is 0 Å². The Morgan fingerprint density at radius 3 is 2.37 bits per heavy atom. The van der Waals surface area contributed by atoms with Gasteiger partial charge in [-0.05, 0) is 54.1 Å². The van der Waals surface area contributed by atoms with Crippen molar-refractivity contribution in [2.45, 2.75) is 19.2 Å². The molecule has 0 amide bonds. The fraction of sp³-hybridized carbons (Fsp3) is 0.160. The standard InChI is InChI=1S/C25H24Cl2N6O2/c1-35-19-9-7-18(8-10-19)33-14-17(29-30-33)13-31-22-4-2-3-5-23(22)32(25(31)28)15-24(34)16-6-11-20(26)21(27)12-16/h2-12,14,24,28-30,34H,13,15H2,1H3. The van der Waals surface area contributed by atoms with Crippen LogP contribution in [0.3, 0.4) is 0 Å². The molecule has 0 fully saturated rings. The third kappa shape index (κ3) is 4.61. The summed E-state index contributed by atoms with van der Waals surface area (Å²) in [7, 11) is 1.64. The molecule has 5 rings (SSSR count). The summed E-state index contributed by atoms with van der Waals surface area (Å²) in [5, 5.41) is 22.5. The van der Waals surface area contributed by atoms with Crippen molar-refractivity contribution >= 4 is 39.9 Å². The number of hydrogen-bond donors (Lipinski definition) is 4. The number of ether oxygens (including phenoxy) is 1. The number of fused-ring (bicyclic) bond motifs is 1. The number of allylic oxidation sites excluding steroid dienone is 1. The summed E-state index contributed by atoms with van der Waals surface area (Å²) in [6, 6.07) is 20.5. The monoisotopic (exact) mass is 510 g/mol. The molecule has 4 N–H and O–H groups in total. The van der Waals surface area contributed by atoms with E-state index in [1.54, 1.807) is 29.9 Å². The van der Waals surface area contributed by atoms with Crippen molar-refractivity contribution in [3.8, 4) is 5.75 Å². The number of hydrazine groups is 2. The van der Waals surface area contributed by atoms with Crippen LogP contribution in [0, 0.1) is 5.41 Å². The zero-order chi connectivity index (χ0) is 24.5. The SMILES string of the molecule is COc1ccc(N2C=C(Cn3c(=N)n(CC(O)c4ccc(Cl)c(Cl)c4)c4ccccc43)NN2)cc1. The molecule has 0 radical (unpaired) electrons. The number of aromatic nitrogens is 2. The van der Waals surface area contributed by atoms with Gasteiger partial charge in [0.2, 0.25) is 5.62 Å². The lowest BCUT2D eigenvalue weighted by molar-refractivity contribution is 0.155. The van der Waals surface area contributed by atoms with E-state index in [0.29, 0.717) is 22.2 Å². The van der Waals surface area contributed by atoms with Crippen LogP contribution in [0.2, 0.25) is 10.0 Å². The van der Waals surface area contributed by atoms with E-state index >= 15 is 0 Å². The fourth-order valence-corrected chi connectivity index (χ4v) is 4.43. The highest BCUT2D eigenvalue weighted by atomic mass is 35.5. The Balaban J connectivity index is 1.43. The third-order valence-corrected chi connectivity index (χ3v) is 6.70. The molecular formula is C25H24Cl2N6O2. The number of aliphatic hydroxyl groups excluding tert-OH is 1. The average molecular weight is 511 g/mol. The van der Waals surface area contributed by atoms with Crippen LogP contribution in [0.25, 0.3) is 11.0 Å². The predicted octanol–water partition coefficient (Wildman–Crippen LogP) is 4.34. The van der Waals surface area contributed by atoms with Crippen molar-refractivity contribution in [2.24, 2.45) is 0 Å². The first-order valence-corrected chi connectivity index (χ1v) is 11.7. The molecule has 1 atom stereocenters. The summed E-state index contributed by atoms with van der Waals surface area (Å²) in [6.07, 6.45) is 1.10. The van der Waals surface area contributed by atoms with Gasteiger partial charge in [-0.1, -0.05) is 41.4 Å². The zero-order valence-electron chi connectivity index (χ0n) is 18.9. The average Bonchev–Trinajstić information content (AvgIpc) is 3.45. The second-order valence-corrected chi connectivity index (χ2v) is 8.97. The molecule has 1 aliphatic heterocycles. The van der Waals surface area contributed by atoms with Gasteiger partial charge < -0.3 is 24.4 Å². The number of methoxy groups -OCH3 is 1. The third-order valence-electron chi connectivity index (χ3n) is 5.96. The highest BCUT2D eigenvalue weighted by Crippen LogP contribution is 2.27. The van der Waals surface area contributed by atoms with Crippen LogP contribution in [-0.2, 0) is 13.1 Å². The van der Waals surface area contributed by atoms with Crippen molar-refractivity contribution in [1.29, 1.82) is 5.41 Å². The number of nitrogens with zero attached hydrogens (tertiary/aromatic N) is 3. The number of nitrogens with one attached hydrogen (secondary N) is 3. The van der Waals surface area contributed by atoms with Crippen LogP contribution >= 0.6 is 23.2 Å². The molecule has 0 spiro atoms. The van der Waals surface area contributed by atoms with E-state index in [1.807, 2.05) is 64.3 Å². The Hall–Kier alpha value is -3.43. The number of rotatable bonds is 7. The van der Waals surface area contributed by atoms with Crippen LogP contribution < -0.4 is 26.3 Å². The van der Waals surface area contributed by atoms with Gasteiger partial charge in [-0.15, -0.1) is 5.53 Å². The highest BCUT2D eigenvalue weighted by molar-refractivity contribution is 6.42. The molecule has 8 nitrogen and oxygen atoms in total. The Kier molecular flexibility index (Phi) is 6.44. The normalized spacial score (nSPS) is 14.2. The van der Waals surface area contributed by atoms with Gasteiger partial charge in [-0.25, -0.2) is 0 Å². The second-order valence-electron chi connectivity index (χ2n) is 8.16. The molecule has 4 aromatic rings. The van der Waals surface area contributed by atoms with Gasteiger partial charge in [0.1, 0.15) is 5.75 Å². The maximum absolute atomic E-state index is 10.9. The summed E-state index contributed by atoms with van der Waals surface area (Å²) < 4.78 is 8.92. The van der Waals surface area contributed by atoms with Gasteiger partial charge in [0.05, 0.1) is 58.8 Å².